The highest BCUT2D eigenvalue weighted by atomic mass is 16.5. The number of hydrogen-bond donors (Lipinski definition) is 1. The summed E-state index contributed by atoms with van der Waals surface area (Å²) in [6.45, 7) is 0.528. The molecule has 1 N–H and O–H groups in total. The molecule has 0 fully saturated rings. The van der Waals surface area contributed by atoms with Gasteiger partial charge in [0.2, 0.25) is 0 Å². The first-order chi connectivity index (χ1) is 15.1. The van der Waals surface area contributed by atoms with E-state index in [9.17, 15) is 9.59 Å². The van der Waals surface area contributed by atoms with Crippen LogP contribution in [0.3, 0.4) is 0 Å². The lowest BCUT2D eigenvalue weighted by molar-refractivity contribution is 0.0926. The number of para-hydroxylation sites is 1. The number of nitrogens with one attached hydrogen (secondary N) is 1. The molecule has 2 heterocycles. The Balaban J connectivity index is 1.40. The predicted octanol–water partition coefficient (Wildman–Crippen LogP) is 3.10. The normalized spacial score (nSPS) is 10.8. The minimum absolute atomic E-state index is 0.180. The fourth-order valence-corrected chi connectivity index (χ4v) is 3.20. The molecule has 4 rings (SSSR count). The highest BCUT2D eigenvalue weighted by molar-refractivity contribution is 5.97. The zero-order valence-corrected chi connectivity index (χ0v) is 17.1. The molecule has 8 nitrogen and oxygen atoms in total. The Hall–Kier alpha value is -4.07. The smallest absolute Gasteiger partial charge is 0.287 e. The summed E-state index contributed by atoms with van der Waals surface area (Å²) in [6.07, 6.45) is 1.47. The monoisotopic (exact) mass is 419 g/mol. The summed E-state index contributed by atoms with van der Waals surface area (Å²) in [5.41, 5.74) is 1.70. The van der Waals surface area contributed by atoms with Gasteiger partial charge in [-0.2, -0.15) is 0 Å². The largest absolute Gasteiger partial charge is 0.497 e. The number of aromatic nitrogens is 2. The summed E-state index contributed by atoms with van der Waals surface area (Å²) in [5.74, 6) is 1.11. The molecule has 0 aliphatic carbocycles. The van der Waals surface area contributed by atoms with Gasteiger partial charge in [-0.05, 0) is 36.4 Å². The van der Waals surface area contributed by atoms with Crippen molar-refractivity contribution in [3.63, 3.8) is 0 Å². The van der Waals surface area contributed by atoms with Crippen molar-refractivity contribution in [3.05, 3.63) is 77.0 Å². The van der Waals surface area contributed by atoms with Gasteiger partial charge in [0.1, 0.15) is 5.75 Å². The third-order valence-electron chi connectivity index (χ3n) is 4.86. The van der Waals surface area contributed by atoms with E-state index >= 15 is 0 Å². The summed E-state index contributed by atoms with van der Waals surface area (Å²) in [5, 5.41) is 3.53. The number of furan rings is 1. The molecule has 4 aromatic rings. The van der Waals surface area contributed by atoms with Gasteiger partial charge in [0.25, 0.3) is 11.5 Å². The molecule has 158 valence electrons. The molecule has 0 spiro atoms. The molecule has 8 heteroatoms. The highest BCUT2D eigenvalue weighted by Crippen LogP contribution is 2.28. The van der Waals surface area contributed by atoms with Gasteiger partial charge in [-0.15, -0.1) is 0 Å². The van der Waals surface area contributed by atoms with E-state index < -0.39 is 0 Å². The minimum Gasteiger partial charge on any atom is -0.497 e. The average molecular weight is 419 g/mol. The van der Waals surface area contributed by atoms with Crippen LogP contribution in [0.4, 0.5) is 0 Å². The second-order valence-electron chi connectivity index (χ2n) is 6.78. The van der Waals surface area contributed by atoms with Gasteiger partial charge in [-0.25, -0.2) is 4.98 Å². The average Bonchev–Trinajstić information content (AvgIpc) is 3.25. The molecule has 0 bridgehead atoms. The maximum atomic E-state index is 12.4. The number of fused-ring (bicyclic) bond motifs is 1. The first kappa shape index (κ1) is 20.2. The lowest BCUT2D eigenvalue weighted by Crippen LogP contribution is -2.30. The fraction of sp³-hybridized carbons (Fsp3) is 0.174. The van der Waals surface area contributed by atoms with Crippen LogP contribution < -0.4 is 20.3 Å². The molecule has 0 aliphatic heterocycles. The van der Waals surface area contributed by atoms with Gasteiger partial charge >= 0.3 is 0 Å². The molecular weight excluding hydrogens is 398 g/mol. The first-order valence-corrected chi connectivity index (χ1v) is 9.64. The number of nitrogens with zero attached hydrogens (tertiary/aromatic N) is 2. The van der Waals surface area contributed by atoms with E-state index in [1.54, 1.807) is 26.4 Å². The van der Waals surface area contributed by atoms with E-state index in [1.807, 2.05) is 36.4 Å². The number of carbonyl (C=O) groups excluding carboxylic acids is 1. The summed E-state index contributed by atoms with van der Waals surface area (Å²) < 4.78 is 17.5. The summed E-state index contributed by atoms with van der Waals surface area (Å²) in [7, 11) is 3.14. The Morgan fingerprint density at radius 1 is 1.10 bits per heavy atom. The maximum Gasteiger partial charge on any atom is 0.287 e. The van der Waals surface area contributed by atoms with Crippen LogP contribution in [0.5, 0.6) is 11.5 Å². The van der Waals surface area contributed by atoms with E-state index in [2.05, 4.69) is 10.3 Å². The van der Waals surface area contributed by atoms with Gasteiger partial charge in [-0.3, -0.25) is 14.2 Å². The molecule has 1 amide bonds. The maximum absolute atomic E-state index is 12.4. The lowest BCUT2D eigenvalue weighted by atomic mass is 10.1. The summed E-state index contributed by atoms with van der Waals surface area (Å²) >= 11 is 0. The second-order valence-corrected chi connectivity index (χ2v) is 6.78. The standard InChI is InChI=1S/C23H21N3O5/c1-29-17-8-6-15(7-9-17)18-13-21(27)26(14-25-18)11-10-24-23(28)20-12-16-4-3-5-19(30-2)22(16)31-20/h3-9,12-14H,10-11H2,1-2H3,(H,24,28). The summed E-state index contributed by atoms with van der Waals surface area (Å²) in [6, 6.07) is 15.9. The van der Waals surface area contributed by atoms with Gasteiger partial charge in [-0.1, -0.05) is 12.1 Å². The predicted molar refractivity (Wildman–Crippen MR) is 116 cm³/mol. The Kier molecular flexibility index (Phi) is 5.70. The Labute approximate surface area is 178 Å². The van der Waals surface area contributed by atoms with Crippen LogP contribution in [-0.2, 0) is 6.54 Å². The third-order valence-corrected chi connectivity index (χ3v) is 4.86. The number of carbonyl (C=O) groups is 1. The van der Waals surface area contributed by atoms with Crippen molar-refractivity contribution in [2.75, 3.05) is 20.8 Å². The second kappa shape index (κ2) is 8.74. The van der Waals surface area contributed by atoms with Crippen LogP contribution in [0, 0.1) is 0 Å². The topological polar surface area (TPSA) is 95.6 Å². The van der Waals surface area contributed by atoms with Crippen molar-refractivity contribution < 1.29 is 18.7 Å². The highest BCUT2D eigenvalue weighted by Gasteiger charge is 2.14. The van der Waals surface area contributed by atoms with Crippen LogP contribution in [0.1, 0.15) is 10.6 Å². The van der Waals surface area contributed by atoms with E-state index in [0.717, 1.165) is 16.7 Å². The van der Waals surface area contributed by atoms with Gasteiger partial charge in [0.15, 0.2) is 17.1 Å². The third kappa shape index (κ3) is 4.28. The Morgan fingerprint density at radius 2 is 1.90 bits per heavy atom. The van der Waals surface area contributed by atoms with E-state index in [-0.39, 0.29) is 30.3 Å². The Bertz CT molecular complexity index is 1270. The zero-order chi connectivity index (χ0) is 21.8. The molecule has 2 aromatic heterocycles. The fourth-order valence-electron chi connectivity index (χ4n) is 3.20. The lowest BCUT2D eigenvalue weighted by Gasteiger charge is -2.08. The SMILES string of the molecule is COc1ccc(-c2cc(=O)n(CCNC(=O)c3cc4cccc(OC)c4o3)cn2)cc1. The van der Waals surface area contributed by atoms with E-state index in [1.165, 1.54) is 17.0 Å². The molecule has 2 aromatic carbocycles. The number of methoxy groups -OCH3 is 2. The number of hydrogen-bond acceptors (Lipinski definition) is 6. The van der Waals surface area contributed by atoms with E-state index in [4.69, 9.17) is 13.9 Å². The van der Waals surface area contributed by atoms with Crippen LogP contribution in [0.2, 0.25) is 0 Å². The van der Waals surface area contributed by atoms with Crippen molar-refractivity contribution in [1.82, 2.24) is 14.9 Å². The van der Waals surface area contributed by atoms with Gasteiger partial charge < -0.3 is 19.2 Å². The first-order valence-electron chi connectivity index (χ1n) is 9.64. The van der Waals surface area contributed by atoms with Crippen molar-refractivity contribution in [3.8, 4) is 22.8 Å². The van der Waals surface area contributed by atoms with Crippen LogP contribution in [0.15, 0.2) is 70.1 Å². The quantitative estimate of drug-likeness (QED) is 0.495. The molecule has 0 saturated carbocycles. The number of ether oxygens (including phenoxy) is 2. The number of benzene rings is 2. The zero-order valence-electron chi connectivity index (χ0n) is 17.1. The van der Waals surface area contributed by atoms with Gasteiger partial charge in [0, 0.05) is 30.1 Å². The van der Waals surface area contributed by atoms with Gasteiger partial charge in [0.05, 0.1) is 26.2 Å². The van der Waals surface area contributed by atoms with E-state index in [0.29, 0.717) is 17.0 Å². The van der Waals surface area contributed by atoms with Crippen LogP contribution in [-0.4, -0.2) is 36.2 Å². The molecular formula is C23H21N3O5. The molecule has 0 unspecified atom stereocenters. The number of rotatable bonds is 7. The minimum atomic E-state index is -0.367. The van der Waals surface area contributed by atoms with Crippen molar-refractivity contribution in [2.45, 2.75) is 6.54 Å². The molecule has 0 aliphatic rings. The molecule has 0 atom stereocenters. The molecule has 0 radical (unpaired) electrons. The number of amides is 1. The van der Waals surface area contributed by atoms with Crippen LogP contribution >= 0.6 is 0 Å². The van der Waals surface area contributed by atoms with Crippen molar-refractivity contribution in [2.24, 2.45) is 0 Å². The molecule has 31 heavy (non-hydrogen) atoms. The summed E-state index contributed by atoms with van der Waals surface area (Å²) in [4.78, 5) is 29.2. The van der Waals surface area contributed by atoms with Crippen molar-refractivity contribution >= 4 is 16.9 Å². The Morgan fingerprint density at radius 3 is 2.61 bits per heavy atom. The van der Waals surface area contributed by atoms with Crippen molar-refractivity contribution in [1.29, 1.82) is 0 Å². The molecule has 0 saturated heterocycles. The van der Waals surface area contributed by atoms with Crippen LogP contribution in [0.25, 0.3) is 22.2 Å².